The maximum absolute atomic E-state index is 5.67. The summed E-state index contributed by atoms with van der Waals surface area (Å²) in [7, 11) is 5.39. The summed E-state index contributed by atoms with van der Waals surface area (Å²) >= 11 is 0. The average molecular weight is 308 g/mol. The number of ether oxygens (including phenoxy) is 3. The van der Waals surface area contributed by atoms with Crippen LogP contribution in [0.15, 0.2) is 18.2 Å². The van der Waals surface area contributed by atoms with Gasteiger partial charge in [-0.3, -0.25) is 4.90 Å². The first kappa shape index (κ1) is 17.1. The summed E-state index contributed by atoms with van der Waals surface area (Å²) in [5, 5.41) is 3.38. The molecule has 5 nitrogen and oxygen atoms in total. The summed E-state index contributed by atoms with van der Waals surface area (Å²) < 4.78 is 16.1. The van der Waals surface area contributed by atoms with Gasteiger partial charge in [-0.25, -0.2) is 0 Å². The zero-order chi connectivity index (χ0) is 15.8. The standard InChI is InChI=1S/C17H28N2O3/c1-18-15-5-4-8-19(13-15)12-14-6-7-16(17(11-14)21-3)22-10-9-20-2/h6-7,11,15,18H,4-5,8-10,12-13H2,1-3H3. The molecule has 0 amide bonds. The lowest BCUT2D eigenvalue weighted by Crippen LogP contribution is -2.43. The van der Waals surface area contributed by atoms with Crippen molar-refractivity contribution in [1.82, 2.24) is 10.2 Å². The minimum Gasteiger partial charge on any atom is -0.493 e. The van der Waals surface area contributed by atoms with Gasteiger partial charge in [-0.2, -0.15) is 0 Å². The first-order valence-corrected chi connectivity index (χ1v) is 7.95. The highest BCUT2D eigenvalue weighted by molar-refractivity contribution is 5.43. The summed E-state index contributed by atoms with van der Waals surface area (Å²) in [5.74, 6) is 1.56. The normalized spacial score (nSPS) is 19.1. The van der Waals surface area contributed by atoms with Crippen molar-refractivity contribution in [3.8, 4) is 11.5 Å². The first-order valence-electron chi connectivity index (χ1n) is 7.95. The summed E-state index contributed by atoms with van der Waals surface area (Å²) in [5.41, 5.74) is 1.26. The highest BCUT2D eigenvalue weighted by Gasteiger charge is 2.18. The minimum atomic E-state index is 0.530. The molecule has 22 heavy (non-hydrogen) atoms. The molecule has 1 heterocycles. The maximum Gasteiger partial charge on any atom is 0.161 e. The molecule has 0 spiro atoms. The molecule has 0 aliphatic carbocycles. The molecular weight excluding hydrogens is 280 g/mol. The highest BCUT2D eigenvalue weighted by Crippen LogP contribution is 2.29. The third-order valence-electron chi connectivity index (χ3n) is 4.09. The van der Waals surface area contributed by atoms with Crippen molar-refractivity contribution >= 4 is 0 Å². The van der Waals surface area contributed by atoms with E-state index >= 15 is 0 Å². The fraction of sp³-hybridized carbons (Fsp3) is 0.647. The number of likely N-dealkylation sites (N-methyl/N-ethyl adjacent to an activating group) is 1. The van der Waals surface area contributed by atoms with E-state index in [9.17, 15) is 0 Å². The van der Waals surface area contributed by atoms with Gasteiger partial charge in [0.2, 0.25) is 0 Å². The number of rotatable bonds is 8. The van der Waals surface area contributed by atoms with Gasteiger partial charge in [-0.1, -0.05) is 6.07 Å². The molecule has 1 atom stereocenters. The molecule has 0 radical (unpaired) electrons. The molecule has 124 valence electrons. The van der Waals surface area contributed by atoms with E-state index in [2.05, 4.69) is 22.3 Å². The molecule has 0 aromatic heterocycles. The molecule has 1 unspecified atom stereocenters. The Bertz CT molecular complexity index is 454. The van der Waals surface area contributed by atoms with Gasteiger partial charge in [-0.15, -0.1) is 0 Å². The average Bonchev–Trinajstić information content (AvgIpc) is 2.56. The van der Waals surface area contributed by atoms with Crippen LogP contribution in [-0.4, -0.2) is 58.5 Å². The Morgan fingerprint density at radius 1 is 1.23 bits per heavy atom. The highest BCUT2D eigenvalue weighted by atomic mass is 16.5. The van der Waals surface area contributed by atoms with E-state index in [0.29, 0.717) is 19.3 Å². The van der Waals surface area contributed by atoms with Crippen molar-refractivity contribution in [2.75, 3.05) is 47.6 Å². The molecule has 1 aliphatic heterocycles. The van der Waals surface area contributed by atoms with Crippen molar-refractivity contribution in [1.29, 1.82) is 0 Å². The Hall–Kier alpha value is -1.30. The molecule has 1 aromatic rings. The van der Waals surface area contributed by atoms with Crippen LogP contribution in [0.4, 0.5) is 0 Å². The van der Waals surface area contributed by atoms with E-state index in [1.54, 1.807) is 14.2 Å². The number of methoxy groups -OCH3 is 2. The number of piperidine rings is 1. The molecule has 1 fully saturated rings. The van der Waals surface area contributed by atoms with Crippen molar-refractivity contribution in [3.05, 3.63) is 23.8 Å². The maximum atomic E-state index is 5.67. The summed E-state index contributed by atoms with van der Waals surface area (Å²) in [4.78, 5) is 2.49. The van der Waals surface area contributed by atoms with Gasteiger partial charge in [0, 0.05) is 26.2 Å². The minimum absolute atomic E-state index is 0.530. The van der Waals surface area contributed by atoms with Crippen molar-refractivity contribution < 1.29 is 14.2 Å². The van der Waals surface area contributed by atoms with E-state index in [0.717, 1.165) is 31.1 Å². The molecule has 1 saturated heterocycles. The lowest BCUT2D eigenvalue weighted by atomic mass is 10.0. The second kappa shape index (κ2) is 8.98. The molecule has 1 aliphatic rings. The zero-order valence-electron chi connectivity index (χ0n) is 13.9. The second-order valence-electron chi connectivity index (χ2n) is 5.69. The van der Waals surface area contributed by atoms with Gasteiger partial charge in [0.05, 0.1) is 13.7 Å². The van der Waals surface area contributed by atoms with E-state index in [-0.39, 0.29) is 0 Å². The Labute approximate surface area is 133 Å². The zero-order valence-corrected chi connectivity index (χ0v) is 13.9. The number of nitrogens with zero attached hydrogens (tertiary/aromatic N) is 1. The van der Waals surface area contributed by atoms with Crippen LogP contribution in [0.3, 0.4) is 0 Å². The Balaban J connectivity index is 1.96. The quantitative estimate of drug-likeness (QED) is 0.743. The van der Waals surface area contributed by atoms with Crippen LogP contribution in [-0.2, 0) is 11.3 Å². The Morgan fingerprint density at radius 2 is 2.09 bits per heavy atom. The smallest absolute Gasteiger partial charge is 0.161 e. The number of hydrogen-bond donors (Lipinski definition) is 1. The van der Waals surface area contributed by atoms with E-state index in [1.165, 1.54) is 18.4 Å². The predicted octanol–water partition coefficient (Wildman–Crippen LogP) is 1.90. The second-order valence-corrected chi connectivity index (χ2v) is 5.69. The largest absolute Gasteiger partial charge is 0.493 e. The molecule has 1 aromatic carbocycles. The third-order valence-corrected chi connectivity index (χ3v) is 4.09. The van der Waals surface area contributed by atoms with Crippen molar-refractivity contribution in [3.63, 3.8) is 0 Å². The van der Waals surface area contributed by atoms with Gasteiger partial charge in [0.1, 0.15) is 6.61 Å². The van der Waals surface area contributed by atoms with Gasteiger partial charge >= 0.3 is 0 Å². The molecular formula is C17H28N2O3. The fourth-order valence-corrected chi connectivity index (χ4v) is 2.86. The third kappa shape index (κ3) is 4.87. The van der Waals surface area contributed by atoms with Crippen molar-refractivity contribution in [2.24, 2.45) is 0 Å². The lowest BCUT2D eigenvalue weighted by Gasteiger charge is -2.32. The molecule has 0 saturated carbocycles. The van der Waals surface area contributed by atoms with Gasteiger partial charge < -0.3 is 19.5 Å². The van der Waals surface area contributed by atoms with Crippen LogP contribution < -0.4 is 14.8 Å². The molecule has 5 heteroatoms. The number of benzene rings is 1. The number of hydrogen-bond acceptors (Lipinski definition) is 5. The summed E-state index contributed by atoms with van der Waals surface area (Å²) in [6, 6.07) is 6.79. The topological polar surface area (TPSA) is 43.0 Å². The van der Waals surface area contributed by atoms with Crippen LogP contribution >= 0.6 is 0 Å². The van der Waals surface area contributed by atoms with Crippen LogP contribution in [0.2, 0.25) is 0 Å². The van der Waals surface area contributed by atoms with E-state index < -0.39 is 0 Å². The van der Waals surface area contributed by atoms with Gasteiger partial charge in [0.15, 0.2) is 11.5 Å². The van der Waals surface area contributed by atoms with E-state index in [4.69, 9.17) is 14.2 Å². The SMILES string of the molecule is CNC1CCCN(Cc2ccc(OCCOC)c(OC)c2)C1. The molecule has 2 rings (SSSR count). The van der Waals surface area contributed by atoms with Gasteiger partial charge in [0.25, 0.3) is 0 Å². The van der Waals surface area contributed by atoms with Crippen LogP contribution in [0.5, 0.6) is 11.5 Å². The van der Waals surface area contributed by atoms with Crippen LogP contribution in [0.1, 0.15) is 18.4 Å². The van der Waals surface area contributed by atoms with Gasteiger partial charge in [-0.05, 0) is 44.1 Å². The lowest BCUT2D eigenvalue weighted by molar-refractivity contribution is 0.144. The Morgan fingerprint density at radius 3 is 2.82 bits per heavy atom. The Kier molecular flexibility index (Phi) is 6.96. The molecule has 0 bridgehead atoms. The molecule has 1 N–H and O–H groups in total. The number of likely N-dealkylation sites (tertiary alicyclic amines) is 1. The number of nitrogens with one attached hydrogen (secondary N) is 1. The predicted molar refractivity (Wildman–Crippen MR) is 87.7 cm³/mol. The van der Waals surface area contributed by atoms with E-state index in [1.807, 2.05) is 13.1 Å². The summed E-state index contributed by atoms with van der Waals surface area (Å²) in [6.07, 6.45) is 2.52. The van der Waals surface area contributed by atoms with Crippen LogP contribution in [0, 0.1) is 0 Å². The van der Waals surface area contributed by atoms with Crippen molar-refractivity contribution in [2.45, 2.75) is 25.4 Å². The monoisotopic (exact) mass is 308 g/mol. The van der Waals surface area contributed by atoms with Crippen LogP contribution in [0.25, 0.3) is 0 Å². The first-order chi connectivity index (χ1) is 10.8. The summed E-state index contributed by atoms with van der Waals surface area (Å²) in [6.45, 7) is 4.32. The fourth-order valence-electron chi connectivity index (χ4n) is 2.86.